The SMILES string of the molecule is Cc1ccc(C(C)NC2CCCN(c3ncccn3)C2)o1. The van der Waals surface area contributed by atoms with Crippen LogP contribution < -0.4 is 10.2 Å². The highest BCUT2D eigenvalue weighted by atomic mass is 16.3. The number of hydrogen-bond donors (Lipinski definition) is 1. The van der Waals surface area contributed by atoms with Crippen molar-refractivity contribution in [3.8, 4) is 0 Å². The van der Waals surface area contributed by atoms with Gasteiger partial charge in [0.1, 0.15) is 11.5 Å². The van der Waals surface area contributed by atoms with E-state index >= 15 is 0 Å². The van der Waals surface area contributed by atoms with Crippen LogP contribution in [0, 0.1) is 6.92 Å². The van der Waals surface area contributed by atoms with Crippen LogP contribution in [0.3, 0.4) is 0 Å². The summed E-state index contributed by atoms with van der Waals surface area (Å²) in [4.78, 5) is 10.9. The number of nitrogens with one attached hydrogen (secondary N) is 1. The molecule has 0 bridgehead atoms. The fraction of sp³-hybridized carbons (Fsp3) is 0.500. The molecule has 3 heterocycles. The monoisotopic (exact) mass is 286 g/mol. The highest BCUT2D eigenvalue weighted by Crippen LogP contribution is 2.20. The van der Waals surface area contributed by atoms with Crippen molar-refractivity contribution in [1.29, 1.82) is 0 Å². The number of furan rings is 1. The molecule has 2 atom stereocenters. The summed E-state index contributed by atoms with van der Waals surface area (Å²) in [6, 6.07) is 6.57. The van der Waals surface area contributed by atoms with Gasteiger partial charge >= 0.3 is 0 Å². The van der Waals surface area contributed by atoms with Crippen LogP contribution in [0.1, 0.15) is 37.3 Å². The minimum atomic E-state index is 0.223. The first-order valence-corrected chi connectivity index (χ1v) is 7.57. The third kappa shape index (κ3) is 3.42. The summed E-state index contributed by atoms with van der Waals surface area (Å²) in [5, 5.41) is 3.66. The van der Waals surface area contributed by atoms with Crippen molar-refractivity contribution in [1.82, 2.24) is 15.3 Å². The van der Waals surface area contributed by atoms with Crippen molar-refractivity contribution in [3.63, 3.8) is 0 Å². The second-order valence-electron chi connectivity index (χ2n) is 5.67. The molecule has 1 aliphatic rings. The van der Waals surface area contributed by atoms with Crippen molar-refractivity contribution in [2.75, 3.05) is 18.0 Å². The molecule has 21 heavy (non-hydrogen) atoms. The van der Waals surface area contributed by atoms with Gasteiger partial charge in [0.2, 0.25) is 5.95 Å². The van der Waals surface area contributed by atoms with Gasteiger partial charge < -0.3 is 14.6 Å². The summed E-state index contributed by atoms with van der Waals surface area (Å²) in [7, 11) is 0. The van der Waals surface area contributed by atoms with Crippen LogP contribution >= 0.6 is 0 Å². The Morgan fingerprint density at radius 2 is 2.14 bits per heavy atom. The first-order chi connectivity index (χ1) is 10.2. The summed E-state index contributed by atoms with van der Waals surface area (Å²) in [5.41, 5.74) is 0. The molecule has 112 valence electrons. The van der Waals surface area contributed by atoms with E-state index in [1.165, 1.54) is 6.42 Å². The van der Waals surface area contributed by atoms with Gasteiger partial charge in [0.05, 0.1) is 6.04 Å². The molecule has 0 aliphatic carbocycles. The number of aromatic nitrogens is 2. The second kappa shape index (κ2) is 6.26. The quantitative estimate of drug-likeness (QED) is 0.936. The number of piperidine rings is 1. The van der Waals surface area contributed by atoms with E-state index in [2.05, 4.69) is 27.1 Å². The van der Waals surface area contributed by atoms with E-state index < -0.39 is 0 Å². The maximum Gasteiger partial charge on any atom is 0.225 e. The lowest BCUT2D eigenvalue weighted by Crippen LogP contribution is -2.47. The summed E-state index contributed by atoms with van der Waals surface area (Å²) < 4.78 is 5.70. The zero-order chi connectivity index (χ0) is 14.7. The van der Waals surface area contributed by atoms with E-state index in [1.54, 1.807) is 12.4 Å². The summed E-state index contributed by atoms with van der Waals surface area (Å²) in [6.45, 7) is 6.09. The Morgan fingerprint density at radius 1 is 1.33 bits per heavy atom. The van der Waals surface area contributed by atoms with E-state index in [-0.39, 0.29) is 6.04 Å². The molecule has 0 saturated carbocycles. The molecule has 0 radical (unpaired) electrons. The Kier molecular flexibility index (Phi) is 4.20. The van der Waals surface area contributed by atoms with Crippen LogP contribution in [0.4, 0.5) is 5.95 Å². The van der Waals surface area contributed by atoms with Crippen molar-refractivity contribution in [2.45, 2.75) is 38.8 Å². The van der Waals surface area contributed by atoms with Crippen LogP contribution in [-0.4, -0.2) is 29.1 Å². The van der Waals surface area contributed by atoms with Crippen molar-refractivity contribution < 1.29 is 4.42 Å². The van der Waals surface area contributed by atoms with E-state index in [0.29, 0.717) is 6.04 Å². The molecule has 2 aromatic rings. The number of hydrogen-bond acceptors (Lipinski definition) is 5. The molecule has 1 N–H and O–H groups in total. The third-order valence-electron chi connectivity index (χ3n) is 3.93. The molecule has 2 unspecified atom stereocenters. The van der Waals surface area contributed by atoms with Crippen LogP contribution in [0.5, 0.6) is 0 Å². The Bertz CT molecular complexity index is 569. The summed E-state index contributed by atoms with van der Waals surface area (Å²) in [5.74, 6) is 2.78. The Balaban J connectivity index is 1.61. The number of rotatable bonds is 4. The highest BCUT2D eigenvalue weighted by molar-refractivity contribution is 5.29. The van der Waals surface area contributed by atoms with Crippen LogP contribution in [-0.2, 0) is 0 Å². The smallest absolute Gasteiger partial charge is 0.225 e. The van der Waals surface area contributed by atoms with Gasteiger partial charge in [-0.3, -0.25) is 0 Å². The van der Waals surface area contributed by atoms with Gasteiger partial charge in [-0.1, -0.05) is 0 Å². The molecule has 2 aromatic heterocycles. The molecule has 3 rings (SSSR count). The molecule has 1 saturated heterocycles. The molecule has 0 spiro atoms. The Hall–Kier alpha value is -1.88. The van der Waals surface area contributed by atoms with Gasteiger partial charge in [-0.05, 0) is 44.9 Å². The zero-order valence-corrected chi connectivity index (χ0v) is 12.6. The average Bonchev–Trinajstić information content (AvgIpc) is 2.95. The molecular weight excluding hydrogens is 264 g/mol. The molecular formula is C16H22N4O. The maximum atomic E-state index is 5.70. The number of nitrogens with zero attached hydrogens (tertiary/aromatic N) is 3. The molecule has 0 amide bonds. The largest absolute Gasteiger partial charge is 0.465 e. The third-order valence-corrected chi connectivity index (χ3v) is 3.93. The van der Waals surface area contributed by atoms with Crippen molar-refractivity contribution in [3.05, 3.63) is 42.1 Å². The number of anilines is 1. The van der Waals surface area contributed by atoms with E-state index in [4.69, 9.17) is 4.42 Å². The predicted octanol–water partition coefficient (Wildman–Crippen LogP) is 2.70. The molecule has 5 nitrogen and oxygen atoms in total. The van der Waals surface area contributed by atoms with Gasteiger partial charge in [-0.2, -0.15) is 0 Å². The Morgan fingerprint density at radius 3 is 2.86 bits per heavy atom. The lowest BCUT2D eigenvalue weighted by atomic mass is 10.0. The Labute approximate surface area is 125 Å². The van der Waals surface area contributed by atoms with Gasteiger partial charge in [0.15, 0.2) is 0 Å². The molecule has 0 aromatic carbocycles. The number of aryl methyl sites for hydroxylation is 1. The zero-order valence-electron chi connectivity index (χ0n) is 12.6. The topological polar surface area (TPSA) is 54.2 Å². The normalized spacial score (nSPS) is 20.5. The van der Waals surface area contributed by atoms with Gasteiger partial charge in [0.25, 0.3) is 0 Å². The average molecular weight is 286 g/mol. The minimum Gasteiger partial charge on any atom is -0.465 e. The van der Waals surface area contributed by atoms with Crippen LogP contribution in [0.15, 0.2) is 35.0 Å². The van der Waals surface area contributed by atoms with E-state index in [0.717, 1.165) is 37.0 Å². The first-order valence-electron chi connectivity index (χ1n) is 7.57. The fourth-order valence-corrected chi connectivity index (χ4v) is 2.87. The highest BCUT2D eigenvalue weighted by Gasteiger charge is 2.23. The fourth-order valence-electron chi connectivity index (χ4n) is 2.87. The summed E-state index contributed by atoms with van der Waals surface area (Å²) in [6.07, 6.45) is 5.93. The van der Waals surface area contributed by atoms with Crippen molar-refractivity contribution in [2.24, 2.45) is 0 Å². The predicted molar refractivity (Wildman–Crippen MR) is 82.3 cm³/mol. The van der Waals surface area contributed by atoms with Gasteiger partial charge in [-0.25, -0.2) is 9.97 Å². The lowest BCUT2D eigenvalue weighted by Gasteiger charge is -2.34. The maximum absolute atomic E-state index is 5.70. The van der Waals surface area contributed by atoms with Gasteiger partial charge in [-0.15, -0.1) is 0 Å². The molecule has 1 fully saturated rings. The van der Waals surface area contributed by atoms with Gasteiger partial charge in [0, 0.05) is 31.5 Å². The second-order valence-corrected chi connectivity index (χ2v) is 5.67. The van der Waals surface area contributed by atoms with Crippen LogP contribution in [0.2, 0.25) is 0 Å². The van der Waals surface area contributed by atoms with Crippen LogP contribution in [0.25, 0.3) is 0 Å². The van der Waals surface area contributed by atoms with E-state index in [9.17, 15) is 0 Å². The lowest BCUT2D eigenvalue weighted by molar-refractivity contribution is 0.347. The first kappa shape index (κ1) is 14.1. The standard InChI is InChI=1S/C16H22N4O/c1-12-6-7-15(21-12)13(2)19-14-5-3-10-20(11-14)16-17-8-4-9-18-16/h4,6-9,13-14,19H,3,5,10-11H2,1-2H3. The summed E-state index contributed by atoms with van der Waals surface area (Å²) >= 11 is 0. The molecule has 1 aliphatic heterocycles. The van der Waals surface area contributed by atoms with Crippen molar-refractivity contribution >= 4 is 5.95 Å². The molecule has 5 heteroatoms. The minimum absolute atomic E-state index is 0.223. The van der Waals surface area contributed by atoms with E-state index in [1.807, 2.05) is 25.1 Å².